The number of ether oxygens (including phenoxy) is 1. The van der Waals surface area contributed by atoms with Gasteiger partial charge in [0.2, 0.25) is 0 Å². The summed E-state index contributed by atoms with van der Waals surface area (Å²) >= 11 is 1.29. The molecule has 1 fully saturated rings. The Morgan fingerprint density at radius 3 is 2.48 bits per heavy atom. The lowest BCUT2D eigenvalue weighted by molar-refractivity contribution is -0.205. The number of thioether (sulfide) groups is 1. The predicted octanol–water partition coefficient (Wildman–Crippen LogP) is -1.39. The van der Waals surface area contributed by atoms with Gasteiger partial charge in [0.15, 0.2) is 0 Å². The van der Waals surface area contributed by atoms with Gasteiger partial charge in [-0.1, -0.05) is 0 Å². The van der Waals surface area contributed by atoms with Crippen molar-refractivity contribution in [2.45, 2.75) is 62.1 Å². The molecule has 124 valence electrons. The average Bonchev–Trinajstić information content (AvgIpc) is 2.46. The Morgan fingerprint density at radius 2 is 1.90 bits per heavy atom. The van der Waals surface area contributed by atoms with Crippen LogP contribution in [0.2, 0.25) is 0 Å². The van der Waals surface area contributed by atoms with Crippen LogP contribution in [0, 0.1) is 0 Å². The fourth-order valence-electron chi connectivity index (χ4n) is 2.03. The number of ketones is 1. The van der Waals surface area contributed by atoms with Crippen LogP contribution >= 0.6 is 11.8 Å². The minimum absolute atomic E-state index is 0.0211. The van der Waals surface area contributed by atoms with E-state index in [4.69, 9.17) is 15.6 Å². The summed E-state index contributed by atoms with van der Waals surface area (Å²) in [5.41, 5.74) is 4.76. The molecular weight excluding hydrogens is 298 g/mol. The highest BCUT2D eigenvalue weighted by Crippen LogP contribution is 2.29. The van der Waals surface area contributed by atoms with Gasteiger partial charge in [0.25, 0.3) is 0 Å². The zero-order valence-electron chi connectivity index (χ0n) is 12.1. The molecule has 0 aromatic heterocycles. The molecule has 1 saturated heterocycles. The van der Waals surface area contributed by atoms with Gasteiger partial charge >= 0.3 is 0 Å². The first-order chi connectivity index (χ1) is 9.88. The van der Waals surface area contributed by atoms with E-state index in [-0.39, 0.29) is 5.78 Å². The lowest BCUT2D eigenvalue weighted by Crippen LogP contribution is -2.57. The van der Waals surface area contributed by atoms with Crippen molar-refractivity contribution in [3.8, 4) is 0 Å². The molecule has 1 rings (SSSR count). The van der Waals surface area contributed by atoms with E-state index in [2.05, 4.69) is 0 Å². The molecule has 0 aliphatic carbocycles. The largest absolute Gasteiger partial charge is 0.394 e. The molecule has 0 spiro atoms. The van der Waals surface area contributed by atoms with E-state index in [1.54, 1.807) is 6.92 Å². The average molecular weight is 323 g/mol. The van der Waals surface area contributed by atoms with E-state index in [0.717, 1.165) is 6.42 Å². The van der Waals surface area contributed by atoms with Crippen LogP contribution in [0.3, 0.4) is 0 Å². The third kappa shape index (κ3) is 5.48. The minimum atomic E-state index is -1.34. The summed E-state index contributed by atoms with van der Waals surface area (Å²) in [5.74, 6) is 0.655. The zero-order valence-corrected chi connectivity index (χ0v) is 12.9. The van der Waals surface area contributed by atoms with Gasteiger partial charge in [-0.3, -0.25) is 4.79 Å². The summed E-state index contributed by atoms with van der Waals surface area (Å²) < 4.78 is 5.36. The van der Waals surface area contributed by atoms with E-state index < -0.39 is 42.5 Å². The lowest BCUT2D eigenvalue weighted by Gasteiger charge is -2.39. The Balaban J connectivity index is 2.29. The van der Waals surface area contributed by atoms with Crippen molar-refractivity contribution in [3.05, 3.63) is 0 Å². The fraction of sp³-hybridized carbons (Fsp3) is 0.923. The lowest BCUT2D eigenvalue weighted by atomic mass is 10.0. The standard InChI is InChI=1S/C13H25NO6S/c1-7(14)8(16)4-2-3-5-21-13-12(19)11(18)10(17)9(6-15)20-13/h7,9-13,15,17-19H,2-6,14H2,1H3/t7-,9?,10?,11?,12?,13?/m1/s1. The third-order valence-electron chi connectivity index (χ3n) is 3.46. The number of Topliss-reactive ketones (excluding diaryl/α,β-unsaturated/α-hetero) is 1. The number of aliphatic hydroxyl groups is 4. The van der Waals surface area contributed by atoms with Crippen molar-refractivity contribution in [1.82, 2.24) is 0 Å². The number of carbonyl (C=O) groups is 1. The van der Waals surface area contributed by atoms with Crippen LogP contribution in [-0.4, -0.2) is 74.5 Å². The molecule has 0 aromatic carbocycles. The van der Waals surface area contributed by atoms with Gasteiger partial charge in [-0.25, -0.2) is 0 Å². The fourth-order valence-corrected chi connectivity index (χ4v) is 3.22. The Hall–Kier alpha value is -0.220. The number of unbranched alkanes of at least 4 members (excludes halogenated alkanes) is 1. The van der Waals surface area contributed by atoms with E-state index in [0.29, 0.717) is 18.6 Å². The number of rotatable bonds is 8. The van der Waals surface area contributed by atoms with Crippen LogP contribution in [0.5, 0.6) is 0 Å². The van der Waals surface area contributed by atoms with Gasteiger partial charge < -0.3 is 30.9 Å². The summed E-state index contributed by atoms with van der Waals surface area (Å²) in [6.07, 6.45) is -2.88. The van der Waals surface area contributed by atoms with Crippen molar-refractivity contribution in [2.75, 3.05) is 12.4 Å². The van der Waals surface area contributed by atoms with Gasteiger partial charge in [-0.2, -0.15) is 0 Å². The first-order valence-electron chi connectivity index (χ1n) is 7.09. The molecule has 21 heavy (non-hydrogen) atoms. The Kier molecular flexibility index (Phi) is 8.10. The number of hydrogen-bond acceptors (Lipinski definition) is 8. The van der Waals surface area contributed by atoms with E-state index in [9.17, 15) is 20.1 Å². The summed E-state index contributed by atoms with van der Waals surface area (Å²) in [6, 6.07) is -0.442. The highest BCUT2D eigenvalue weighted by atomic mass is 32.2. The smallest absolute Gasteiger partial charge is 0.149 e. The van der Waals surface area contributed by atoms with Crippen molar-refractivity contribution in [2.24, 2.45) is 5.73 Å². The number of carbonyl (C=O) groups excluding carboxylic acids is 1. The highest BCUT2D eigenvalue weighted by molar-refractivity contribution is 7.99. The van der Waals surface area contributed by atoms with Gasteiger partial charge in [0, 0.05) is 6.42 Å². The van der Waals surface area contributed by atoms with E-state index in [1.807, 2.05) is 0 Å². The molecule has 0 amide bonds. The molecule has 0 bridgehead atoms. The van der Waals surface area contributed by atoms with Gasteiger partial charge in [-0.05, 0) is 25.5 Å². The molecule has 7 nitrogen and oxygen atoms in total. The SMILES string of the molecule is C[C@@H](N)C(=O)CCCCSC1OC(CO)C(O)C(O)C1O. The maximum atomic E-state index is 11.3. The van der Waals surface area contributed by atoms with Gasteiger partial charge in [0.1, 0.15) is 35.6 Å². The van der Waals surface area contributed by atoms with Crippen molar-refractivity contribution < 1.29 is 30.0 Å². The predicted molar refractivity (Wildman–Crippen MR) is 78.7 cm³/mol. The number of nitrogens with two attached hydrogens (primary N) is 1. The molecule has 6 atom stereocenters. The summed E-state index contributed by atoms with van der Waals surface area (Å²) in [6.45, 7) is 1.23. The molecule has 0 aromatic rings. The van der Waals surface area contributed by atoms with Crippen LogP contribution in [0.25, 0.3) is 0 Å². The van der Waals surface area contributed by atoms with Crippen LogP contribution in [-0.2, 0) is 9.53 Å². The second kappa shape index (κ2) is 9.04. The quantitative estimate of drug-likeness (QED) is 0.345. The molecule has 1 aliphatic rings. The van der Waals surface area contributed by atoms with Gasteiger partial charge in [-0.15, -0.1) is 11.8 Å². The Bertz CT molecular complexity index is 328. The second-order valence-electron chi connectivity index (χ2n) is 5.28. The Morgan fingerprint density at radius 1 is 1.24 bits per heavy atom. The topological polar surface area (TPSA) is 133 Å². The first-order valence-corrected chi connectivity index (χ1v) is 8.13. The molecule has 8 heteroatoms. The maximum Gasteiger partial charge on any atom is 0.149 e. The van der Waals surface area contributed by atoms with Crippen LogP contribution < -0.4 is 5.73 Å². The molecule has 6 N–H and O–H groups in total. The molecule has 5 unspecified atom stereocenters. The van der Waals surface area contributed by atoms with Crippen molar-refractivity contribution in [1.29, 1.82) is 0 Å². The van der Waals surface area contributed by atoms with Gasteiger partial charge in [0.05, 0.1) is 12.6 Å². The third-order valence-corrected chi connectivity index (χ3v) is 4.70. The highest BCUT2D eigenvalue weighted by Gasteiger charge is 2.43. The minimum Gasteiger partial charge on any atom is -0.394 e. The summed E-state index contributed by atoms with van der Waals surface area (Å²) in [4.78, 5) is 11.3. The summed E-state index contributed by atoms with van der Waals surface area (Å²) in [5, 5.41) is 38.2. The molecule has 1 heterocycles. The first kappa shape index (κ1) is 18.8. The molecule has 0 radical (unpaired) electrons. The van der Waals surface area contributed by atoms with Crippen LogP contribution in [0.15, 0.2) is 0 Å². The summed E-state index contributed by atoms with van der Waals surface area (Å²) in [7, 11) is 0. The molecule has 1 aliphatic heterocycles. The normalized spacial score (nSPS) is 34.7. The van der Waals surface area contributed by atoms with Crippen molar-refractivity contribution >= 4 is 17.5 Å². The zero-order chi connectivity index (χ0) is 16.0. The van der Waals surface area contributed by atoms with Crippen LogP contribution in [0.4, 0.5) is 0 Å². The van der Waals surface area contributed by atoms with E-state index >= 15 is 0 Å². The molecule has 0 saturated carbocycles. The maximum absolute atomic E-state index is 11.3. The molecular formula is C13H25NO6S. The number of aliphatic hydroxyl groups excluding tert-OH is 4. The Labute approximate surface area is 128 Å². The van der Waals surface area contributed by atoms with E-state index in [1.165, 1.54) is 11.8 Å². The van der Waals surface area contributed by atoms with Crippen LogP contribution in [0.1, 0.15) is 26.2 Å². The number of hydrogen-bond donors (Lipinski definition) is 5. The van der Waals surface area contributed by atoms with Crippen molar-refractivity contribution in [3.63, 3.8) is 0 Å². The monoisotopic (exact) mass is 323 g/mol. The second-order valence-corrected chi connectivity index (χ2v) is 6.49.